The third-order valence-electron chi connectivity index (χ3n) is 1.78. The molecule has 2 rings (SSSR count). The highest BCUT2D eigenvalue weighted by Gasteiger charge is 2.12. The molecule has 2 N–H and O–H groups in total. The second-order valence-electron chi connectivity index (χ2n) is 2.56. The van der Waals surface area contributed by atoms with E-state index < -0.39 is 0 Å². The fourth-order valence-electron chi connectivity index (χ4n) is 1.17. The van der Waals surface area contributed by atoms with Crippen LogP contribution < -0.4 is 4.74 Å². The SMILES string of the molecule is Oc1ccc2c(c1O)C=CCO2. The summed E-state index contributed by atoms with van der Waals surface area (Å²) >= 11 is 0. The van der Waals surface area contributed by atoms with Crippen molar-refractivity contribution in [3.05, 3.63) is 23.8 Å². The second kappa shape index (κ2) is 2.44. The van der Waals surface area contributed by atoms with Gasteiger partial charge in [-0.05, 0) is 24.3 Å². The van der Waals surface area contributed by atoms with Crippen LogP contribution in [0.2, 0.25) is 0 Å². The Kier molecular flexibility index (Phi) is 1.43. The van der Waals surface area contributed by atoms with Gasteiger partial charge in [0.1, 0.15) is 12.4 Å². The maximum Gasteiger partial charge on any atom is 0.168 e. The van der Waals surface area contributed by atoms with Crippen LogP contribution in [-0.2, 0) is 0 Å². The lowest BCUT2D eigenvalue weighted by atomic mass is 10.1. The van der Waals surface area contributed by atoms with Crippen LogP contribution in [0.1, 0.15) is 5.56 Å². The van der Waals surface area contributed by atoms with Crippen molar-refractivity contribution in [2.45, 2.75) is 0 Å². The quantitative estimate of drug-likeness (QED) is 0.571. The number of rotatable bonds is 0. The van der Waals surface area contributed by atoms with E-state index in [4.69, 9.17) is 9.84 Å². The van der Waals surface area contributed by atoms with E-state index in [0.29, 0.717) is 17.9 Å². The van der Waals surface area contributed by atoms with Crippen LogP contribution >= 0.6 is 0 Å². The molecule has 0 saturated carbocycles. The summed E-state index contributed by atoms with van der Waals surface area (Å²) in [5.74, 6) is 0.361. The minimum atomic E-state index is -0.122. The number of hydrogen-bond donors (Lipinski definition) is 2. The number of fused-ring (bicyclic) bond motifs is 1. The molecule has 3 nitrogen and oxygen atoms in total. The molecule has 1 aromatic rings. The molecule has 12 heavy (non-hydrogen) atoms. The van der Waals surface area contributed by atoms with Crippen molar-refractivity contribution in [1.29, 1.82) is 0 Å². The standard InChI is InChI=1S/C9H8O3/c10-7-3-4-8-6(9(7)11)2-1-5-12-8/h1-4,10-11H,5H2. The minimum absolute atomic E-state index is 0.121. The first-order valence-electron chi connectivity index (χ1n) is 3.63. The molecule has 0 saturated heterocycles. The number of benzene rings is 1. The summed E-state index contributed by atoms with van der Waals surface area (Å²) in [5.41, 5.74) is 0.543. The first kappa shape index (κ1) is 7.03. The van der Waals surface area contributed by atoms with E-state index in [1.807, 2.05) is 0 Å². The van der Waals surface area contributed by atoms with Crippen molar-refractivity contribution in [3.8, 4) is 17.2 Å². The smallest absolute Gasteiger partial charge is 0.168 e. The third kappa shape index (κ3) is 0.906. The van der Waals surface area contributed by atoms with Gasteiger partial charge in [0, 0.05) is 0 Å². The number of hydrogen-bond acceptors (Lipinski definition) is 3. The van der Waals surface area contributed by atoms with Gasteiger partial charge in [-0.2, -0.15) is 0 Å². The van der Waals surface area contributed by atoms with Gasteiger partial charge >= 0.3 is 0 Å². The molecule has 1 aliphatic rings. The molecule has 0 spiro atoms. The lowest BCUT2D eigenvalue weighted by Gasteiger charge is -2.13. The molecular formula is C9H8O3. The Morgan fingerprint density at radius 3 is 2.92 bits per heavy atom. The van der Waals surface area contributed by atoms with Crippen molar-refractivity contribution in [1.82, 2.24) is 0 Å². The Balaban J connectivity index is 2.64. The van der Waals surface area contributed by atoms with Gasteiger partial charge in [-0.25, -0.2) is 0 Å². The maximum absolute atomic E-state index is 9.36. The van der Waals surface area contributed by atoms with E-state index in [0.717, 1.165) is 0 Å². The van der Waals surface area contributed by atoms with E-state index in [2.05, 4.69) is 0 Å². The number of phenols is 2. The van der Waals surface area contributed by atoms with Crippen LogP contribution in [0, 0.1) is 0 Å². The van der Waals surface area contributed by atoms with E-state index in [9.17, 15) is 5.11 Å². The molecule has 0 unspecified atom stereocenters. The normalized spacial score (nSPS) is 13.7. The Labute approximate surface area is 69.5 Å². The summed E-state index contributed by atoms with van der Waals surface area (Å²) in [6, 6.07) is 3.04. The Hall–Kier alpha value is -1.64. The predicted octanol–water partition coefficient (Wildman–Crippen LogP) is 1.50. The lowest BCUT2D eigenvalue weighted by Crippen LogP contribution is -1.99. The summed E-state index contributed by atoms with van der Waals surface area (Å²) in [6.45, 7) is 0.511. The fraction of sp³-hybridized carbons (Fsp3) is 0.111. The summed E-state index contributed by atoms with van der Waals surface area (Å²) in [6.07, 6.45) is 3.51. The van der Waals surface area contributed by atoms with Gasteiger partial charge in [0.05, 0.1) is 5.56 Å². The first-order valence-corrected chi connectivity index (χ1v) is 3.63. The van der Waals surface area contributed by atoms with Gasteiger partial charge in [0.15, 0.2) is 11.5 Å². The lowest BCUT2D eigenvalue weighted by molar-refractivity contribution is 0.348. The molecule has 1 aliphatic heterocycles. The molecule has 0 fully saturated rings. The van der Waals surface area contributed by atoms with Crippen LogP contribution in [0.4, 0.5) is 0 Å². The van der Waals surface area contributed by atoms with Gasteiger partial charge < -0.3 is 14.9 Å². The molecule has 0 radical (unpaired) electrons. The van der Waals surface area contributed by atoms with Crippen molar-refractivity contribution < 1.29 is 14.9 Å². The number of ether oxygens (including phenoxy) is 1. The first-order chi connectivity index (χ1) is 5.79. The molecule has 1 heterocycles. The zero-order valence-corrected chi connectivity index (χ0v) is 6.32. The van der Waals surface area contributed by atoms with E-state index >= 15 is 0 Å². The average Bonchev–Trinajstić information content (AvgIpc) is 2.12. The summed E-state index contributed by atoms with van der Waals surface area (Å²) < 4.78 is 5.20. The second-order valence-corrected chi connectivity index (χ2v) is 2.56. The van der Waals surface area contributed by atoms with Gasteiger partial charge in [0.25, 0.3) is 0 Å². The zero-order valence-electron chi connectivity index (χ0n) is 6.32. The van der Waals surface area contributed by atoms with Crippen molar-refractivity contribution >= 4 is 6.08 Å². The fourth-order valence-corrected chi connectivity index (χ4v) is 1.17. The topological polar surface area (TPSA) is 49.7 Å². The summed E-state index contributed by atoms with van der Waals surface area (Å²) in [7, 11) is 0. The molecule has 0 amide bonds. The van der Waals surface area contributed by atoms with Gasteiger partial charge in [-0.15, -0.1) is 0 Å². The van der Waals surface area contributed by atoms with E-state index in [-0.39, 0.29) is 11.5 Å². The van der Waals surface area contributed by atoms with Crippen LogP contribution in [-0.4, -0.2) is 16.8 Å². The minimum Gasteiger partial charge on any atom is -0.504 e. The number of aromatic hydroxyl groups is 2. The molecule has 0 atom stereocenters. The number of phenolic OH excluding ortho intramolecular Hbond substituents is 2. The summed E-state index contributed by atoms with van der Waals surface area (Å²) in [4.78, 5) is 0. The maximum atomic E-state index is 9.36. The van der Waals surface area contributed by atoms with Gasteiger partial charge in [-0.1, -0.05) is 0 Å². The highest BCUT2D eigenvalue weighted by Crippen LogP contribution is 2.37. The zero-order chi connectivity index (χ0) is 8.55. The molecule has 0 aromatic heterocycles. The predicted molar refractivity (Wildman–Crippen MR) is 44.3 cm³/mol. The van der Waals surface area contributed by atoms with Crippen LogP contribution in [0.3, 0.4) is 0 Å². The Morgan fingerprint density at radius 1 is 1.25 bits per heavy atom. The molecule has 3 heteroatoms. The highest BCUT2D eigenvalue weighted by molar-refractivity contribution is 5.68. The van der Waals surface area contributed by atoms with Crippen LogP contribution in [0.15, 0.2) is 18.2 Å². The third-order valence-corrected chi connectivity index (χ3v) is 1.78. The molecule has 1 aromatic carbocycles. The molecule has 62 valence electrons. The molecule has 0 bridgehead atoms. The van der Waals surface area contributed by atoms with E-state index in [1.54, 1.807) is 18.2 Å². The Morgan fingerprint density at radius 2 is 2.08 bits per heavy atom. The van der Waals surface area contributed by atoms with Crippen molar-refractivity contribution in [3.63, 3.8) is 0 Å². The highest BCUT2D eigenvalue weighted by atomic mass is 16.5. The average molecular weight is 164 g/mol. The largest absolute Gasteiger partial charge is 0.504 e. The molecule has 0 aliphatic carbocycles. The van der Waals surface area contributed by atoms with Gasteiger partial charge in [-0.3, -0.25) is 0 Å². The van der Waals surface area contributed by atoms with Crippen molar-refractivity contribution in [2.75, 3.05) is 6.61 Å². The van der Waals surface area contributed by atoms with Crippen LogP contribution in [0.5, 0.6) is 17.2 Å². The monoisotopic (exact) mass is 164 g/mol. The van der Waals surface area contributed by atoms with Crippen molar-refractivity contribution in [2.24, 2.45) is 0 Å². The summed E-state index contributed by atoms with van der Waals surface area (Å²) in [5, 5.41) is 18.5. The Bertz CT molecular complexity index is 342. The van der Waals surface area contributed by atoms with Gasteiger partial charge in [0.2, 0.25) is 0 Å². The molecular weight excluding hydrogens is 156 g/mol. The van der Waals surface area contributed by atoms with Crippen LogP contribution in [0.25, 0.3) is 6.08 Å². The van der Waals surface area contributed by atoms with E-state index in [1.165, 1.54) is 6.07 Å².